The Balaban J connectivity index is 1.53. The molecule has 1 fully saturated rings. The first-order valence-electron chi connectivity index (χ1n) is 8.54. The molecular formula is C16H18F3N7O. The van der Waals surface area contributed by atoms with E-state index in [9.17, 15) is 13.2 Å². The molecule has 4 rings (SSSR count). The van der Waals surface area contributed by atoms with E-state index in [1.54, 1.807) is 11.7 Å². The lowest BCUT2D eigenvalue weighted by molar-refractivity contribution is -0.141. The van der Waals surface area contributed by atoms with Crippen LogP contribution in [0.5, 0.6) is 5.88 Å². The first-order chi connectivity index (χ1) is 12.8. The summed E-state index contributed by atoms with van der Waals surface area (Å²) in [7, 11) is 1.78. The van der Waals surface area contributed by atoms with Gasteiger partial charge >= 0.3 is 6.18 Å². The highest BCUT2D eigenvalue weighted by molar-refractivity contribution is 5.43. The summed E-state index contributed by atoms with van der Waals surface area (Å²) in [6, 6.07) is 2.93. The van der Waals surface area contributed by atoms with Crippen LogP contribution in [0.3, 0.4) is 0 Å². The number of aryl methyl sites for hydroxylation is 2. The zero-order valence-corrected chi connectivity index (χ0v) is 14.9. The Kier molecular flexibility index (Phi) is 4.16. The van der Waals surface area contributed by atoms with Gasteiger partial charge in [-0.25, -0.2) is 14.2 Å². The number of imidazole rings is 1. The van der Waals surface area contributed by atoms with E-state index in [0.717, 1.165) is 30.4 Å². The minimum atomic E-state index is -4.52. The van der Waals surface area contributed by atoms with Crippen molar-refractivity contribution in [1.29, 1.82) is 0 Å². The van der Waals surface area contributed by atoms with E-state index in [1.807, 2.05) is 0 Å². The second-order valence-corrected chi connectivity index (χ2v) is 6.42. The summed E-state index contributed by atoms with van der Waals surface area (Å²) in [6.07, 6.45) is -2.28. The molecule has 0 N–H and O–H groups in total. The highest BCUT2D eigenvalue weighted by Crippen LogP contribution is 2.31. The maximum Gasteiger partial charge on any atom is 0.435 e. The molecule has 0 bridgehead atoms. The van der Waals surface area contributed by atoms with Gasteiger partial charge in [0.05, 0.1) is 5.69 Å². The van der Waals surface area contributed by atoms with Crippen LogP contribution in [0, 0.1) is 6.92 Å². The summed E-state index contributed by atoms with van der Waals surface area (Å²) in [5, 5.41) is 8.49. The fourth-order valence-electron chi connectivity index (χ4n) is 3.09. The van der Waals surface area contributed by atoms with E-state index >= 15 is 0 Å². The predicted octanol–water partition coefficient (Wildman–Crippen LogP) is 2.36. The van der Waals surface area contributed by atoms with E-state index in [0.29, 0.717) is 11.8 Å². The number of ether oxygens (including phenoxy) is 1. The summed E-state index contributed by atoms with van der Waals surface area (Å²) >= 11 is 0. The molecule has 0 spiro atoms. The lowest BCUT2D eigenvalue weighted by atomic mass is 10.3. The smallest absolute Gasteiger partial charge is 0.435 e. The Bertz CT molecular complexity index is 972. The van der Waals surface area contributed by atoms with Crippen molar-refractivity contribution in [2.45, 2.75) is 32.5 Å². The van der Waals surface area contributed by atoms with Crippen molar-refractivity contribution in [3.05, 3.63) is 29.3 Å². The quantitative estimate of drug-likeness (QED) is 0.691. The molecule has 27 heavy (non-hydrogen) atoms. The number of fused-ring (bicyclic) bond motifs is 1. The molecule has 3 aromatic heterocycles. The van der Waals surface area contributed by atoms with Crippen LogP contribution in [-0.4, -0.2) is 42.5 Å². The van der Waals surface area contributed by atoms with Gasteiger partial charge in [0.25, 0.3) is 0 Å². The van der Waals surface area contributed by atoms with Gasteiger partial charge in [0.1, 0.15) is 6.61 Å². The van der Waals surface area contributed by atoms with Gasteiger partial charge < -0.3 is 9.64 Å². The van der Waals surface area contributed by atoms with Gasteiger partial charge in [0.15, 0.2) is 17.2 Å². The van der Waals surface area contributed by atoms with Crippen LogP contribution in [0.25, 0.3) is 5.65 Å². The van der Waals surface area contributed by atoms with E-state index in [4.69, 9.17) is 4.74 Å². The van der Waals surface area contributed by atoms with Crippen LogP contribution >= 0.6 is 0 Å². The number of alkyl halides is 3. The topological polar surface area (TPSA) is 73.4 Å². The lowest BCUT2D eigenvalue weighted by Crippen LogP contribution is -2.19. The number of hydrogen-bond donors (Lipinski definition) is 0. The largest absolute Gasteiger partial charge is 0.468 e. The van der Waals surface area contributed by atoms with Crippen LogP contribution in [-0.2, 0) is 19.8 Å². The van der Waals surface area contributed by atoms with Crippen molar-refractivity contribution in [3.8, 4) is 5.88 Å². The van der Waals surface area contributed by atoms with Crippen molar-refractivity contribution in [3.63, 3.8) is 0 Å². The predicted molar refractivity (Wildman–Crippen MR) is 89.5 cm³/mol. The molecule has 0 amide bonds. The highest BCUT2D eigenvalue weighted by Gasteiger charge is 2.36. The zero-order valence-electron chi connectivity index (χ0n) is 14.9. The molecule has 1 aliphatic rings. The fraction of sp³-hybridized carbons (Fsp3) is 0.500. The maximum atomic E-state index is 13.0. The van der Waals surface area contributed by atoms with Crippen molar-refractivity contribution < 1.29 is 17.9 Å². The van der Waals surface area contributed by atoms with Crippen molar-refractivity contribution in [1.82, 2.24) is 29.4 Å². The zero-order chi connectivity index (χ0) is 19.2. The summed E-state index contributed by atoms with van der Waals surface area (Å²) in [4.78, 5) is 10.2. The molecule has 1 aliphatic heterocycles. The van der Waals surface area contributed by atoms with Crippen molar-refractivity contribution in [2.75, 3.05) is 18.0 Å². The van der Waals surface area contributed by atoms with E-state index in [1.165, 1.54) is 19.1 Å². The molecule has 0 radical (unpaired) electrons. The first-order valence-corrected chi connectivity index (χ1v) is 8.54. The van der Waals surface area contributed by atoms with Crippen LogP contribution in [0.15, 0.2) is 12.1 Å². The summed E-state index contributed by atoms with van der Waals surface area (Å²) < 4.78 is 47.3. The molecular weight excluding hydrogens is 363 g/mol. The normalized spacial score (nSPS) is 15.1. The number of halogens is 3. The van der Waals surface area contributed by atoms with Gasteiger partial charge in [-0.2, -0.15) is 18.2 Å². The average molecular weight is 381 g/mol. The third-order valence-corrected chi connectivity index (χ3v) is 4.53. The summed E-state index contributed by atoms with van der Waals surface area (Å²) in [5.41, 5.74) is -0.921. The molecule has 0 atom stereocenters. The molecule has 144 valence electrons. The van der Waals surface area contributed by atoms with Crippen LogP contribution in [0.1, 0.15) is 30.1 Å². The molecule has 1 saturated heterocycles. The van der Waals surface area contributed by atoms with E-state index in [2.05, 4.69) is 25.1 Å². The molecule has 0 aromatic carbocycles. The second-order valence-electron chi connectivity index (χ2n) is 6.42. The third-order valence-electron chi connectivity index (χ3n) is 4.53. The molecule has 8 nitrogen and oxygen atoms in total. The van der Waals surface area contributed by atoms with Gasteiger partial charge in [-0.15, -0.1) is 10.2 Å². The number of nitrogens with zero attached hydrogens (tertiary/aromatic N) is 7. The molecule has 11 heteroatoms. The fourth-order valence-corrected chi connectivity index (χ4v) is 3.09. The van der Waals surface area contributed by atoms with Gasteiger partial charge in [-0.3, -0.25) is 0 Å². The minimum absolute atomic E-state index is 0.0853. The number of anilines is 1. The van der Waals surface area contributed by atoms with Gasteiger partial charge in [-0.1, -0.05) is 0 Å². The lowest BCUT2D eigenvalue weighted by Gasteiger charge is -2.10. The standard InChI is InChI=1S/C16H18F3N7O/c1-10-14(16(17,18)19)20-11-5-6-13(22-26(10)11)27-9-12-21-15(23-24(12)2)25-7-3-4-8-25/h5-6H,3-4,7-9H2,1-2H3. The molecule has 0 saturated carbocycles. The molecule has 3 aromatic rings. The Hall–Kier alpha value is -2.85. The maximum absolute atomic E-state index is 13.0. The van der Waals surface area contributed by atoms with Crippen molar-refractivity contribution >= 4 is 11.6 Å². The van der Waals surface area contributed by atoms with E-state index < -0.39 is 11.9 Å². The Morgan fingerprint density at radius 1 is 1.11 bits per heavy atom. The van der Waals surface area contributed by atoms with Gasteiger partial charge in [0.2, 0.25) is 11.8 Å². The Labute approximate surface area is 152 Å². The molecule has 0 aliphatic carbocycles. The number of hydrogen-bond acceptors (Lipinski definition) is 6. The SMILES string of the molecule is Cc1c(C(F)(F)F)nc2ccc(OCc3nc(N4CCCC4)nn3C)nn12. The Morgan fingerprint density at radius 3 is 2.56 bits per heavy atom. The Morgan fingerprint density at radius 2 is 1.85 bits per heavy atom. The highest BCUT2D eigenvalue weighted by atomic mass is 19.4. The summed E-state index contributed by atoms with van der Waals surface area (Å²) in [6.45, 7) is 3.30. The van der Waals surface area contributed by atoms with Crippen LogP contribution in [0.2, 0.25) is 0 Å². The third kappa shape index (κ3) is 3.28. The number of rotatable bonds is 4. The van der Waals surface area contributed by atoms with Gasteiger partial charge in [0, 0.05) is 26.2 Å². The number of aromatic nitrogens is 6. The molecule has 4 heterocycles. The van der Waals surface area contributed by atoms with Crippen molar-refractivity contribution in [2.24, 2.45) is 7.05 Å². The monoisotopic (exact) mass is 381 g/mol. The second kappa shape index (κ2) is 6.39. The minimum Gasteiger partial charge on any atom is -0.468 e. The van der Waals surface area contributed by atoms with Crippen LogP contribution in [0.4, 0.5) is 19.1 Å². The molecule has 0 unspecified atom stereocenters. The average Bonchev–Trinajstić information content (AvgIpc) is 3.32. The van der Waals surface area contributed by atoms with Gasteiger partial charge in [-0.05, 0) is 25.8 Å². The van der Waals surface area contributed by atoms with E-state index in [-0.39, 0.29) is 23.8 Å². The summed E-state index contributed by atoms with van der Waals surface area (Å²) in [5.74, 6) is 1.46. The first kappa shape index (κ1) is 17.6. The van der Waals surface area contributed by atoms with Crippen LogP contribution < -0.4 is 9.64 Å².